The van der Waals surface area contributed by atoms with E-state index in [1.54, 1.807) is 0 Å². The van der Waals surface area contributed by atoms with Gasteiger partial charge in [0.25, 0.3) is 11.1 Å². The lowest BCUT2D eigenvalue weighted by molar-refractivity contribution is -0.122. The van der Waals surface area contributed by atoms with E-state index < -0.39 is 0 Å². The summed E-state index contributed by atoms with van der Waals surface area (Å²) < 4.78 is 2.20. The molecule has 1 aromatic heterocycles. The Morgan fingerprint density at radius 2 is 1.66 bits per heavy atom. The monoisotopic (exact) mass is 500 g/mol. The third-order valence-corrected chi connectivity index (χ3v) is 7.60. The van der Waals surface area contributed by atoms with E-state index in [-0.39, 0.29) is 11.1 Å². The van der Waals surface area contributed by atoms with Gasteiger partial charge in [-0.15, -0.1) is 0 Å². The van der Waals surface area contributed by atoms with Gasteiger partial charge in [0.2, 0.25) is 0 Å². The molecule has 1 aliphatic heterocycles. The van der Waals surface area contributed by atoms with Gasteiger partial charge >= 0.3 is 0 Å². The lowest BCUT2D eigenvalue weighted by atomic mass is 10.1. The van der Waals surface area contributed by atoms with Crippen molar-refractivity contribution >= 4 is 51.5 Å². The Morgan fingerprint density at radius 3 is 2.43 bits per heavy atom. The van der Waals surface area contributed by atoms with Crippen LogP contribution in [-0.2, 0) is 24.2 Å². The Hall–Kier alpha value is -3.28. The van der Waals surface area contributed by atoms with Crippen LogP contribution in [0.3, 0.4) is 0 Å². The Kier molecular flexibility index (Phi) is 6.80. The number of rotatable bonds is 7. The van der Waals surface area contributed by atoms with Gasteiger partial charge in [0.15, 0.2) is 0 Å². The number of aryl methyl sites for hydroxylation is 1. The molecule has 5 rings (SSSR count). The van der Waals surface area contributed by atoms with Crippen molar-refractivity contribution < 1.29 is 9.59 Å². The summed E-state index contributed by atoms with van der Waals surface area (Å²) in [5.41, 5.74) is 5.42. The lowest BCUT2D eigenvalue weighted by Crippen LogP contribution is -2.30. The van der Waals surface area contributed by atoms with Crippen LogP contribution in [0.1, 0.15) is 29.2 Å². The molecular formula is C29H25ClN2O2S. The number of nitrogens with zero attached hydrogens (tertiary/aromatic N) is 2. The average molecular weight is 501 g/mol. The van der Waals surface area contributed by atoms with Crippen molar-refractivity contribution in [3.8, 4) is 0 Å². The molecule has 0 N–H and O–H groups in total. The largest absolute Gasteiger partial charge is 0.342 e. The van der Waals surface area contributed by atoms with E-state index in [0.717, 1.165) is 50.8 Å². The zero-order valence-corrected chi connectivity index (χ0v) is 21.0. The molecule has 0 radical (unpaired) electrons. The first-order valence-corrected chi connectivity index (χ1v) is 12.9. The molecule has 35 heavy (non-hydrogen) atoms. The number of thioether (sulfide) groups is 1. The maximum absolute atomic E-state index is 13.1. The third kappa shape index (κ3) is 4.79. The van der Waals surface area contributed by atoms with Crippen LogP contribution in [0.2, 0.25) is 5.02 Å². The van der Waals surface area contributed by atoms with E-state index in [1.165, 1.54) is 10.5 Å². The van der Waals surface area contributed by atoms with Gasteiger partial charge in [-0.3, -0.25) is 14.5 Å². The fourth-order valence-electron chi connectivity index (χ4n) is 4.52. The summed E-state index contributed by atoms with van der Waals surface area (Å²) in [5.74, 6) is -0.227. The molecule has 6 heteroatoms. The van der Waals surface area contributed by atoms with Crippen LogP contribution in [0.5, 0.6) is 0 Å². The van der Waals surface area contributed by atoms with Crippen molar-refractivity contribution in [2.75, 3.05) is 6.54 Å². The minimum atomic E-state index is -0.227. The molecule has 1 fully saturated rings. The number of imide groups is 1. The molecule has 2 amide bonds. The topological polar surface area (TPSA) is 42.3 Å². The molecule has 4 aromatic rings. The first-order chi connectivity index (χ1) is 17.0. The Balaban J connectivity index is 1.48. The van der Waals surface area contributed by atoms with E-state index in [0.29, 0.717) is 24.4 Å². The van der Waals surface area contributed by atoms with Gasteiger partial charge in [0, 0.05) is 35.3 Å². The van der Waals surface area contributed by atoms with E-state index in [4.69, 9.17) is 11.6 Å². The highest BCUT2D eigenvalue weighted by molar-refractivity contribution is 8.18. The van der Waals surface area contributed by atoms with Crippen molar-refractivity contribution in [3.05, 3.63) is 111 Å². The quantitative estimate of drug-likeness (QED) is 0.252. The number of carbonyl (C=O) groups is 2. The normalized spacial score (nSPS) is 15.0. The molecule has 3 aromatic carbocycles. The minimum Gasteiger partial charge on any atom is -0.342 e. The van der Waals surface area contributed by atoms with Gasteiger partial charge in [0.1, 0.15) is 0 Å². The van der Waals surface area contributed by atoms with E-state index in [1.807, 2.05) is 66.7 Å². The first-order valence-electron chi connectivity index (χ1n) is 11.7. The van der Waals surface area contributed by atoms with Crippen molar-refractivity contribution in [1.82, 2.24) is 9.47 Å². The summed E-state index contributed by atoms with van der Waals surface area (Å²) in [5, 5.41) is 1.57. The SMILES string of the molecule is CCc1cccc2c(/C=C3\SC(=O)N(CCc4ccccc4)C3=O)cn(Cc3ccccc3Cl)c12. The Morgan fingerprint density at radius 1 is 0.914 bits per heavy atom. The highest BCUT2D eigenvalue weighted by Gasteiger charge is 2.34. The van der Waals surface area contributed by atoms with Crippen LogP contribution < -0.4 is 0 Å². The van der Waals surface area contributed by atoms with Crippen molar-refractivity contribution in [3.63, 3.8) is 0 Å². The lowest BCUT2D eigenvalue weighted by Gasteiger charge is -2.12. The van der Waals surface area contributed by atoms with Gasteiger partial charge < -0.3 is 4.57 Å². The minimum absolute atomic E-state index is 0.216. The number of benzene rings is 3. The van der Waals surface area contributed by atoms with E-state index in [2.05, 4.69) is 29.8 Å². The number of amides is 2. The second kappa shape index (κ2) is 10.1. The van der Waals surface area contributed by atoms with Crippen molar-refractivity contribution in [1.29, 1.82) is 0 Å². The molecule has 4 nitrogen and oxygen atoms in total. The van der Waals surface area contributed by atoms with Crippen LogP contribution in [0.4, 0.5) is 4.79 Å². The molecule has 1 aliphatic rings. The van der Waals surface area contributed by atoms with Crippen LogP contribution in [0.15, 0.2) is 83.9 Å². The molecular weight excluding hydrogens is 476 g/mol. The summed E-state index contributed by atoms with van der Waals surface area (Å²) in [7, 11) is 0. The molecule has 2 heterocycles. The molecule has 0 saturated carbocycles. The van der Waals surface area contributed by atoms with Gasteiger partial charge in [-0.25, -0.2) is 0 Å². The standard InChI is InChI=1S/C29H25ClN2O2S/c1-2-21-12-8-13-24-23(19-31(27(21)24)18-22-11-6-7-14-25(22)30)17-26-28(33)32(29(34)35-26)16-15-20-9-4-3-5-10-20/h3-14,17,19H,2,15-16,18H2,1H3/b26-17-. The number of fused-ring (bicyclic) bond motifs is 1. The second-order valence-corrected chi connectivity index (χ2v) is 9.94. The number of halogens is 1. The molecule has 0 unspecified atom stereocenters. The third-order valence-electron chi connectivity index (χ3n) is 6.32. The molecule has 0 atom stereocenters. The van der Waals surface area contributed by atoms with Gasteiger partial charge in [-0.1, -0.05) is 85.3 Å². The predicted molar refractivity (Wildman–Crippen MR) is 145 cm³/mol. The maximum atomic E-state index is 13.1. The molecule has 1 saturated heterocycles. The van der Waals surface area contributed by atoms with Crippen molar-refractivity contribution in [2.45, 2.75) is 26.3 Å². The fourth-order valence-corrected chi connectivity index (χ4v) is 5.57. The number of hydrogen-bond acceptors (Lipinski definition) is 3. The first kappa shape index (κ1) is 23.5. The highest BCUT2D eigenvalue weighted by atomic mass is 35.5. The molecule has 0 spiro atoms. The smallest absolute Gasteiger partial charge is 0.293 e. The van der Waals surface area contributed by atoms with Gasteiger partial charge in [0.05, 0.1) is 10.4 Å². The summed E-state index contributed by atoms with van der Waals surface area (Å²) in [6, 6.07) is 24.0. The van der Waals surface area contributed by atoms with Crippen molar-refractivity contribution in [2.24, 2.45) is 0 Å². The summed E-state index contributed by atoms with van der Waals surface area (Å²) >= 11 is 7.47. The number of hydrogen-bond donors (Lipinski definition) is 0. The second-order valence-electron chi connectivity index (χ2n) is 8.54. The molecule has 0 aliphatic carbocycles. The van der Waals surface area contributed by atoms with Crippen LogP contribution in [-0.4, -0.2) is 27.2 Å². The summed E-state index contributed by atoms with van der Waals surface area (Å²) in [4.78, 5) is 27.6. The number of carbonyl (C=O) groups excluding carboxylic acids is 2. The van der Waals surface area contributed by atoms with Crippen LogP contribution in [0, 0.1) is 0 Å². The number of para-hydroxylation sites is 1. The van der Waals surface area contributed by atoms with Crippen LogP contribution in [0.25, 0.3) is 17.0 Å². The van der Waals surface area contributed by atoms with E-state index in [9.17, 15) is 9.59 Å². The van der Waals surface area contributed by atoms with E-state index >= 15 is 0 Å². The zero-order chi connectivity index (χ0) is 24.4. The number of aromatic nitrogens is 1. The van der Waals surface area contributed by atoms with Gasteiger partial charge in [-0.2, -0.15) is 0 Å². The zero-order valence-electron chi connectivity index (χ0n) is 19.4. The fraction of sp³-hybridized carbons (Fsp3) is 0.172. The van der Waals surface area contributed by atoms with Crippen LogP contribution >= 0.6 is 23.4 Å². The predicted octanol–water partition coefficient (Wildman–Crippen LogP) is 7.18. The Labute approximate surface area is 214 Å². The maximum Gasteiger partial charge on any atom is 0.293 e. The molecule has 176 valence electrons. The Bertz CT molecular complexity index is 1440. The average Bonchev–Trinajstić information content (AvgIpc) is 3.36. The summed E-state index contributed by atoms with van der Waals surface area (Å²) in [6.45, 7) is 3.14. The van der Waals surface area contributed by atoms with Gasteiger partial charge in [-0.05, 0) is 53.4 Å². The molecule has 0 bridgehead atoms. The summed E-state index contributed by atoms with van der Waals surface area (Å²) in [6.07, 6.45) is 5.45. The highest BCUT2D eigenvalue weighted by Crippen LogP contribution is 2.35.